The summed E-state index contributed by atoms with van der Waals surface area (Å²) in [6, 6.07) is 25.6. The average molecular weight is 800 g/mol. The second-order valence-electron chi connectivity index (χ2n) is 15.5. The van der Waals surface area contributed by atoms with Gasteiger partial charge in [-0.25, -0.2) is 5.26 Å². The molecule has 0 radical (unpaired) electrons. The number of rotatable bonds is 13. The zero-order valence-electron chi connectivity index (χ0n) is 31.7. The van der Waals surface area contributed by atoms with E-state index in [9.17, 15) is 13.0 Å². The second-order valence-corrected chi connectivity index (χ2v) is 18.3. The number of nitrogens with zero attached hydrogens (tertiary/aromatic N) is 2. The summed E-state index contributed by atoms with van der Waals surface area (Å²) in [5.74, 6) is 0.347. The van der Waals surface area contributed by atoms with E-state index in [1.54, 1.807) is 0 Å². The van der Waals surface area contributed by atoms with Crippen molar-refractivity contribution < 1.29 is 32.2 Å². The highest BCUT2D eigenvalue weighted by molar-refractivity contribution is 7.94. The van der Waals surface area contributed by atoms with Crippen LogP contribution < -0.4 is 4.90 Å². The second kappa shape index (κ2) is 16.0. The first-order valence-electron chi connectivity index (χ1n) is 18.8. The minimum Gasteiger partial charge on any atom is -0.344 e. The first kappa shape index (κ1) is 39.5. The van der Waals surface area contributed by atoms with Crippen LogP contribution in [-0.4, -0.2) is 53.1 Å². The number of allylic oxidation sites excluding steroid dienone is 8. The third-order valence-corrected chi connectivity index (χ3v) is 13.2. The molecule has 4 aromatic rings. The Morgan fingerprint density at radius 1 is 0.873 bits per heavy atom. The van der Waals surface area contributed by atoms with Crippen molar-refractivity contribution >= 4 is 72.4 Å². The first-order chi connectivity index (χ1) is 26.3. The highest BCUT2D eigenvalue weighted by Gasteiger charge is 2.45. The molecule has 2 aliphatic heterocycles. The van der Waals surface area contributed by atoms with E-state index in [2.05, 4.69) is 138 Å². The normalized spacial score (nSPS) is 19.5. The Labute approximate surface area is 333 Å². The van der Waals surface area contributed by atoms with Crippen LogP contribution in [0, 0.1) is 0 Å². The monoisotopic (exact) mass is 799 g/mol. The Balaban J connectivity index is 1.24. The molecule has 4 aromatic carbocycles. The topological polar surface area (TPSA) is 99.3 Å². The number of anilines is 1. The molecule has 0 atom stereocenters. The molecule has 3 aliphatic rings. The molecule has 0 spiro atoms. The molecular weight excluding hydrogens is 752 g/mol. The zero-order chi connectivity index (χ0) is 39.0. The number of benzene rings is 4. The lowest BCUT2D eigenvalue weighted by atomic mass is 9.78. The Hall–Kier alpha value is -3.74. The van der Waals surface area contributed by atoms with Crippen LogP contribution >= 0.6 is 23.6 Å². The maximum absolute atomic E-state index is 11.7. The lowest BCUT2D eigenvalue weighted by Crippen LogP contribution is -2.28. The van der Waals surface area contributed by atoms with E-state index in [1.165, 1.54) is 38.7 Å². The molecule has 7 rings (SSSR count). The minimum atomic E-state index is -4.08. The summed E-state index contributed by atoms with van der Waals surface area (Å²) in [5, 5.41) is 17.9. The molecule has 8 nitrogen and oxygen atoms in total. The van der Waals surface area contributed by atoms with Crippen LogP contribution in [0.15, 0.2) is 119 Å². The molecule has 0 saturated carbocycles. The number of halogens is 1. The molecule has 0 amide bonds. The van der Waals surface area contributed by atoms with Crippen LogP contribution in [0.3, 0.4) is 0 Å². The highest BCUT2D eigenvalue weighted by Crippen LogP contribution is 2.51. The van der Waals surface area contributed by atoms with Crippen molar-refractivity contribution in [3.63, 3.8) is 0 Å². The van der Waals surface area contributed by atoms with Crippen molar-refractivity contribution in [2.24, 2.45) is 0 Å². The third-order valence-electron chi connectivity index (χ3n) is 11.3. The predicted octanol–water partition coefficient (Wildman–Crippen LogP) is 10.9. The number of fused-ring (bicyclic) bond motifs is 6. The van der Waals surface area contributed by atoms with Gasteiger partial charge in [-0.2, -0.15) is 13.0 Å². The maximum atomic E-state index is 11.7. The van der Waals surface area contributed by atoms with Gasteiger partial charge in [0, 0.05) is 70.3 Å². The van der Waals surface area contributed by atoms with Gasteiger partial charge in [0.25, 0.3) is 10.1 Å². The molecule has 2 heterocycles. The van der Waals surface area contributed by atoms with Crippen LogP contribution in [0.4, 0.5) is 11.4 Å². The Morgan fingerprint density at radius 2 is 1.56 bits per heavy atom. The molecule has 288 valence electrons. The maximum Gasteiger partial charge on any atom is 0.264 e. The van der Waals surface area contributed by atoms with Crippen molar-refractivity contribution in [2.45, 2.75) is 70.6 Å². The molecule has 0 fully saturated rings. The summed E-state index contributed by atoms with van der Waals surface area (Å²) in [7, 11) is -4.08. The van der Waals surface area contributed by atoms with Crippen molar-refractivity contribution in [1.82, 2.24) is 0 Å². The standard InChI is InChI=1S/C44H47ClN2O6S2/c1-43(2)38(46(26-10-28-54-53-52-48)36-22-18-30-12-5-7-16-34(30)40(36)43)24-20-32-14-9-15-33(42(32)45)21-25-39-44(3,4)41-35-17-8-6-13-31(35)19-23-37(41)47(39)27-11-29-55(49,50)51/h5-8,12-13,16-25H,9-11,14-15,26-29H2,1-4H3,(H-,48,49,50,51)/p+1. The van der Waals surface area contributed by atoms with Crippen molar-refractivity contribution in [1.29, 1.82) is 0 Å². The zero-order valence-corrected chi connectivity index (χ0v) is 34.1. The van der Waals surface area contributed by atoms with Crippen molar-refractivity contribution in [3.05, 3.63) is 130 Å². The summed E-state index contributed by atoms with van der Waals surface area (Å²) in [6.45, 7) is 10.2. The van der Waals surface area contributed by atoms with E-state index in [1.807, 2.05) is 6.07 Å². The van der Waals surface area contributed by atoms with E-state index in [4.69, 9.17) is 16.9 Å². The SMILES string of the molecule is CC1(C)C(=CC=C2CCCC(C=CC3=[N+](CCCSOOO)c4ccc5ccccc5c4C3(C)C)=C2Cl)N(CCCS(=O)(=O)O)c2ccc3ccccc3c21. The summed E-state index contributed by atoms with van der Waals surface area (Å²) in [5.41, 5.74) is 8.52. The van der Waals surface area contributed by atoms with Crippen LogP contribution in [0.2, 0.25) is 0 Å². The minimum absolute atomic E-state index is 0.276. The molecule has 0 unspecified atom stereocenters. The number of hydrogen-bond acceptors (Lipinski definition) is 7. The average Bonchev–Trinajstić information content (AvgIpc) is 3.51. The van der Waals surface area contributed by atoms with Crippen molar-refractivity contribution in [3.8, 4) is 0 Å². The summed E-state index contributed by atoms with van der Waals surface area (Å²) in [6.07, 6.45) is 12.5. The Morgan fingerprint density at radius 3 is 2.27 bits per heavy atom. The molecule has 1 aliphatic carbocycles. The van der Waals surface area contributed by atoms with Gasteiger partial charge < -0.3 is 4.90 Å². The molecule has 0 saturated heterocycles. The van der Waals surface area contributed by atoms with Gasteiger partial charge in [0.15, 0.2) is 5.71 Å². The quantitative estimate of drug-likeness (QED) is 0.0344. The highest BCUT2D eigenvalue weighted by atomic mass is 35.5. The van der Waals surface area contributed by atoms with Crippen LogP contribution in [0.5, 0.6) is 0 Å². The van der Waals surface area contributed by atoms with Crippen LogP contribution in [0.1, 0.15) is 70.9 Å². The van der Waals surface area contributed by atoms with E-state index >= 15 is 0 Å². The Bertz CT molecular complexity index is 2410. The van der Waals surface area contributed by atoms with Gasteiger partial charge in [-0.05, 0) is 96.0 Å². The van der Waals surface area contributed by atoms with E-state index in [-0.39, 0.29) is 16.6 Å². The van der Waals surface area contributed by atoms with E-state index in [0.717, 1.165) is 77.2 Å². The predicted molar refractivity (Wildman–Crippen MR) is 226 cm³/mol. The fraction of sp³-hybridized carbons (Fsp3) is 0.341. The lowest BCUT2D eigenvalue weighted by molar-refractivity contribution is -0.438. The van der Waals surface area contributed by atoms with Crippen LogP contribution in [0.25, 0.3) is 21.5 Å². The van der Waals surface area contributed by atoms with E-state index in [0.29, 0.717) is 18.7 Å². The smallest absolute Gasteiger partial charge is 0.264 e. The van der Waals surface area contributed by atoms with Gasteiger partial charge in [0.2, 0.25) is 5.69 Å². The molecule has 11 heteroatoms. The first-order valence-corrected chi connectivity index (χ1v) is 21.7. The van der Waals surface area contributed by atoms with E-state index < -0.39 is 10.1 Å². The fourth-order valence-electron chi connectivity index (χ4n) is 8.86. The molecular formula is C44H48ClN2O6S2+. The Kier molecular flexibility index (Phi) is 11.5. The molecule has 0 aromatic heterocycles. The van der Waals surface area contributed by atoms with Gasteiger partial charge in [-0.3, -0.25) is 4.55 Å². The molecule has 2 N–H and O–H groups in total. The van der Waals surface area contributed by atoms with Crippen LogP contribution in [-0.2, 0) is 30.3 Å². The van der Waals surface area contributed by atoms with Crippen molar-refractivity contribution in [2.75, 3.05) is 29.5 Å². The summed E-state index contributed by atoms with van der Waals surface area (Å²) >= 11 is 8.36. The van der Waals surface area contributed by atoms with Gasteiger partial charge >= 0.3 is 0 Å². The van der Waals surface area contributed by atoms with Gasteiger partial charge in [0.1, 0.15) is 6.54 Å². The van der Waals surface area contributed by atoms with Gasteiger partial charge in [0.05, 0.1) is 11.2 Å². The summed E-state index contributed by atoms with van der Waals surface area (Å²) in [4.78, 5) is 2.21. The largest absolute Gasteiger partial charge is 0.344 e. The lowest BCUT2D eigenvalue weighted by Gasteiger charge is -2.27. The van der Waals surface area contributed by atoms with Gasteiger partial charge in [-0.15, -0.1) is 4.33 Å². The number of hydrogen-bond donors (Lipinski definition) is 2. The fourth-order valence-corrected chi connectivity index (χ4v) is 10.0. The molecule has 0 bridgehead atoms. The van der Waals surface area contributed by atoms with Gasteiger partial charge in [-0.1, -0.05) is 97.2 Å². The third kappa shape index (κ3) is 7.83. The summed E-state index contributed by atoms with van der Waals surface area (Å²) < 4.78 is 39.9. The molecule has 55 heavy (non-hydrogen) atoms.